The van der Waals surface area contributed by atoms with Gasteiger partial charge in [0.15, 0.2) is 11.7 Å². The number of nitrogens with zero attached hydrogens (tertiary/aromatic N) is 1. The second-order valence-corrected chi connectivity index (χ2v) is 24.8. The molecule has 0 saturated carbocycles. The Hall–Kier alpha value is -4.28. The van der Waals surface area contributed by atoms with E-state index >= 15 is 0 Å². The molecule has 0 unspecified atom stereocenters. The lowest BCUT2D eigenvalue weighted by atomic mass is 9.79. The summed E-state index contributed by atoms with van der Waals surface area (Å²) in [5.74, 6) is 0.0475. The Morgan fingerprint density at radius 3 is 2.20 bits per heavy atom. The largest absolute Gasteiger partial charge is 0.497 e. The Labute approximate surface area is 432 Å². The summed E-state index contributed by atoms with van der Waals surface area (Å²) in [6.45, 7) is 15.6. The summed E-state index contributed by atoms with van der Waals surface area (Å²) in [6.07, 6.45) is 13.0. The number of benzene rings is 3. The second kappa shape index (κ2) is 26.1. The first kappa shape index (κ1) is 56.0. The third kappa shape index (κ3) is 14.1. The number of aldehydes is 1. The predicted octanol–water partition coefficient (Wildman–Crippen LogP) is 11.1. The van der Waals surface area contributed by atoms with Gasteiger partial charge in [-0.2, -0.15) is 0 Å². The van der Waals surface area contributed by atoms with E-state index < -0.39 is 26.3 Å². The van der Waals surface area contributed by atoms with Crippen LogP contribution in [0.1, 0.15) is 91.3 Å². The average molecular weight is 1060 g/mol. The van der Waals surface area contributed by atoms with Gasteiger partial charge < -0.3 is 46.8 Å². The van der Waals surface area contributed by atoms with Gasteiger partial charge in [-0.1, -0.05) is 153 Å². The smallest absolute Gasteiger partial charge is 0.262 e. The van der Waals surface area contributed by atoms with E-state index in [0.29, 0.717) is 31.0 Å². The van der Waals surface area contributed by atoms with Crippen molar-refractivity contribution >= 4 is 47.0 Å². The molecule has 71 heavy (non-hydrogen) atoms. The van der Waals surface area contributed by atoms with Crippen molar-refractivity contribution in [2.24, 2.45) is 11.8 Å². The predicted molar refractivity (Wildman–Crippen MR) is 287 cm³/mol. The summed E-state index contributed by atoms with van der Waals surface area (Å²) >= 11 is 3.39. The van der Waals surface area contributed by atoms with Gasteiger partial charge in [0.1, 0.15) is 24.0 Å². The molecule has 13 heteroatoms. The molecule has 0 amide bonds. The lowest BCUT2D eigenvalue weighted by Gasteiger charge is -2.49. The molecule has 1 aromatic heterocycles. The zero-order valence-corrected chi connectivity index (χ0v) is 46.1. The van der Waals surface area contributed by atoms with Crippen molar-refractivity contribution in [1.29, 1.82) is 0 Å². The normalized spacial score (nSPS) is 25.7. The van der Waals surface area contributed by atoms with Crippen LogP contribution >= 0.6 is 15.9 Å². The van der Waals surface area contributed by atoms with Gasteiger partial charge in [-0.25, -0.2) is 4.98 Å². The molecule has 2 aliphatic rings. The fraction of sp³-hybridized carbons (Fsp3) is 0.483. The van der Waals surface area contributed by atoms with Crippen LogP contribution in [-0.4, -0.2) is 96.5 Å². The maximum absolute atomic E-state index is 11.9. The molecule has 3 aromatic carbocycles. The highest BCUT2D eigenvalue weighted by Crippen LogP contribution is 2.42. The number of methoxy groups -OCH3 is 4. The standard InChI is InChI=1S/C58H76BrNO10Si/c1-40(24-27-46(62-8)19-18-31-59)33-53(70-71(57(5,6)7,49-20-14-12-15-21-49)50-22-16-13-17-23-50)52-35-48(64-10)36-58(65-11,69-52)37-54-60-45(39-66-54)34-41(2)55-43(4)56(42(3)51(68-55)30-32-61)67-38-44-25-28-47(63-9)29-26-44/h12-18,20-29,31-34,39,42-43,46,48,51-53,55-56H,19,30,35-38H2,1-11H3/b27-24+,31-18+,40-33+,41-34+/t42-,43-,46+,48+,51+,52+,53+,55-,56-,58-/m0/s1. The quantitative estimate of drug-likeness (QED) is 0.0401. The van der Waals surface area contributed by atoms with Crippen LogP contribution in [0.3, 0.4) is 0 Å². The fourth-order valence-corrected chi connectivity index (χ4v) is 15.2. The minimum absolute atomic E-state index is 0.00362. The summed E-state index contributed by atoms with van der Waals surface area (Å²) in [4.78, 5) is 18.7. The van der Waals surface area contributed by atoms with Gasteiger partial charge in [0, 0.05) is 52.4 Å². The number of hydrogen-bond donors (Lipinski definition) is 0. The lowest BCUT2D eigenvalue weighted by Crippen LogP contribution is -2.69. The maximum Gasteiger partial charge on any atom is 0.262 e. The van der Waals surface area contributed by atoms with E-state index in [0.717, 1.165) is 45.5 Å². The van der Waals surface area contributed by atoms with Gasteiger partial charge in [0.25, 0.3) is 8.32 Å². The highest BCUT2D eigenvalue weighted by molar-refractivity contribution is 9.11. The summed E-state index contributed by atoms with van der Waals surface area (Å²) in [6, 6.07) is 29.2. The van der Waals surface area contributed by atoms with Crippen LogP contribution in [0.5, 0.6) is 5.75 Å². The summed E-state index contributed by atoms with van der Waals surface area (Å²) in [5, 5.41) is 2.02. The molecular weight excluding hydrogens is 979 g/mol. The highest BCUT2D eigenvalue weighted by atomic mass is 79.9. The number of rotatable bonds is 23. The van der Waals surface area contributed by atoms with Gasteiger partial charge in [-0.3, -0.25) is 0 Å². The van der Waals surface area contributed by atoms with E-state index in [9.17, 15) is 4.79 Å². The molecule has 6 rings (SSSR count). The molecule has 0 radical (unpaired) electrons. The van der Waals surface area contributed by atoms with Gasteiger partial charge in [0.2, 0.25) is 0 Å². The van der Waals surface area contributed by atoms with Crippen LogP contribution in [0.4, 0.5) is 0 Å². The zero-order chi connectivity index (χ0) is 51.2. The topological polar surface area (TPSA) is 117 Å². The molecule has 0 N–H and O–H groups in total. The maximum atomic E-state index is 11.9. The fourth-order valence-electron chi connectivity index (χ4n) is 10.3. The number of carbonyl (C=O) groups is 1. The van der Waals surface area contributed by atoms with Crippen LogP contribution in [-0.2, 0) is 50.7 Å². The third-order valence-corrected chi connectivity index (χ3v) is 19.5. The van der Waals surface area contributed by atoms with Crippen LogP contribution in [0, 0.1) is 11.8 Å². The van der Waals surface area contributed by atoms with Crippen LogP contribution < -0.4 is 15.1 Å². The van der Waals surface area contributed by atoms with Gasteiger partial charge in [0.05, 0.1) is 62.9 Å². The van der Waals surface area contributed by atoms with Crippen LogP contribution in [0.15, 0.2) is 136 Å². The molecule has 2 fully saturated rings. The molecule has 10 atom stereocenters. The molecule has 2 aliphatic heterocycles. The Morgan fingerprint density at radius 1 is 0.944 bits per heavy atom. The van der Waals surface area contributed by atoms with Crippen molar-refractivity contribution < 1.29 is 46.8 Å². The number of ether oxygens (including phenoxy) is 7. The van der Waals surface area contributed by atoms with Gasteiger partial charge >= 0.3 is 0 Å². The molecule has 4 aromatic rings. The van der Waals surface area contributed by atoms with E-state index in [1.54, 1.807) is 34.7 Å². The lowest BCUT2D eigenvalue weighted by molar-refractivity contribution is -0.297. The molecule has 384 valence electrons. The molecular formula is C58H76BrNO10Si. The monoisotopic (exact) mass is 1050 g/mol. The highest BCUT2D eigenvalue weighted by Gasteiger charge is 2.54. The summed E-state index contributed by atoms with van der Waals surface area (Å²) < 4.78 is 58.5. The van der Waals surface area contributed by atoms with Gasteiger partial charge in [-0.15, -0.1) is 0 Å². The first-order valence-electron chi connectivity index (χ1n) is 24.8. The minimum Gasteiger partial charge on any atom is -0.497 e. The first-order valence-corrected chi connectivity index (χ1v) is 27.6. The SMILES string of the molecule is COc1ccc(CO[C@H]2[C@@H](C)[C@@H](CC=O)O[C@@H](/C(C)=C/c3coc(C[C@]4(OC)C[C@H](OC)C[C@H]([C@@H](/C=C(C)/C=C/[C@@H](C/C=C/Br)OC)O[Si](c5ccccc5)(c5ccccc5)C(C)(C)C)O4)n3)[C@@H]2C)cc1. The number of allylic oxidation sites excluding steroid dienone is 2. The minimum atomic E-state index is -3.11. The van der Waals surface area contributed by atoms with Crippen molar-refractivity contribution in [3.05, 3.63) is 149 Å². The first-order chi connectivity index (χ1) is 34.1. The van der Waals surface area contributed by atoms with Crippen LogP contribution in [0.2, 0.25) is 5.04 Å². The van der Waals surface area contributed by atoms with Crippen LogP contribution in [0.25, 0.3) is 6.08 Å². The second-order valence-electron chi connectivity index (χ2n) is 20.0. The number of oxazole rings is 1. The van der Waals surface area contributed by atoms with E-state index in [1.165, 1.54) is 0 Å². The number of aromatic nitrogens is 1. The van der Waals surface area contributed by atoms with E-state index in [2.05, 4.69) is 136 Å². The van der Waals surface area contributed by atoms with Crippen molar-refractivity contribution in [3.8, 4) is 5.75 Å². The van der Waals surface area contributed by atoms with E-state index in [4.69, 9.17) is 47.0 Å². The van der Waals surface area contributed by atoms with E-state index in [-0.39, 0.29) is 60.2 Å². The van der Waals surface area contributed by atoms with Gasteiger partial charge in [-0.05, 0) is 70.0 Å². The Balaban J connectivity index is 1.32. The zero-order valence-electron chi connectivity index (χ0n) is 43.5. The Kier molecular flexibility index (Phi) is 20.6. The van der Waals surface area contributed by atoms with E-state index in [1.807, 2.05) is 48.3 Å². The average Bonchev–Trinajstić information content (AvgIpc) is 3.81. The van der Waals surface area contributed by atoms with Crippen molar-refractivity contribution in [1.82, 2.24) is 4.98 Å². The third-order valence-electron chi connectivity index (χ3n) is 14.1. The number of carbonyl (C=O) groups excluding carboxylic acids is 1. The summed E-state index contributed by atoms with van der Waals surface area (Å²) in [5.41, 5.74) is 3.62. The number of halogens is 1. The van der Waals surface area contributed by atoms with Crippen molar-refractivity contribution in [3.63, 3.8) is 0 Å². The molecule has 2 saturated heterocycles. The number of hydrogen-bond acceptors (Lipinski definition) is 11. The molecule has 3 heterocycles. The molecule has 0 aliphatic carbocycles. The molecule has 11 nitrogen and oxygen atoms in total. The summed E-state index contributed by atoms with van der Waals surface area (Å²) in [7, 11) is 3.67. The molecule has 0 spiro atoms. The molecule has 0 bridgehead atoms. The van der Waals surface area contributed by atoms with Crippen molar-refractivity contribution in [2.45, 2.75) is 141 Å². The Bertz CT molecular complexity index is 2340. The van der Waals surface area contributed by atoms with Crippen molar-refractivity contribution in [2.75, 3.05) is 28.4 Å². The Morgan fingerprint density at radius 2 is 1.62 bits per heavy atom.